The summed E-state index contributed by atoms with van der Waals surface area (Å²) in [4.78, 5) is 17.0. The van der Waals surface area contributed by atoms with Gasteiger partial charge in [-0.15, -0.1) is 0 Å². The maximum Gasteiger partial charge on any atom is 0.238 e. The first kappa shape index (κ1) is 16.7. The third-order valence-corrected chi connectivity index (χ3v) is 4.26. The van der Waals surface area contributed by atoms with E-state index in [9.17, 15) is 4.79 Å². The van der Waals surface area contributed by atoms with Crippen LogP contribution in [0.1, 0.15) is 17.0 Å². The van der Waals surface area contributed by atoms with Gasteiger partial charge in [-0.1, -0.05) is 65.8 Å². The van der Waals surface area contributed by atoms with Crippen LogP contribution in [0.5, 0.6) is 0 Å². The van der Waals surface area contributed by atoms with Gasteiger partial charge in [0.25, 0.3) is 0 Å². The van der Waals surface area contributed by atoms with Gasteiger partial charge in [0, 0.05) is 24.0 Å². The van der Waals surface area contributed by atoms with Gasteiger partial charge in [0.05, 0.1) is 5.92 Å². The Balaban J connectivity index is 1.61. The maximum absolute atomic E-state index is 13.1. The molecule has 4 aromatic rings. The fourth-order valence-electron chi connectivity index (χ4n) is 2.97. The zero-order chi connectivity index (χ0) is 18.5. The second-order valence-corrected chi connectivity index (χ2v) is 6.06. The predicted molar refractivity (Wildman–Crippen MR) is 103 cm³/mol. The van der Waals surface area contributed by atoms with Crippen LogP contribution >= 0.6 is 0 Å². The molecule has 2 aromatic heterocycles. The number of nitrogens with one attached hydrogen (secondary N) is 1. The van der Waals surface area contributed by atoms with Crippen molar-refractivity contribution in [2.24, 2.45) is 0 Å². The molecule has 0 spiro atoms. The van der Waals surface area contributed by atoms with Crippen LogP contribution in [0.3, 0.4) is 0 Å². The first-order valence-corrected chi connectivity index (χ1v) is 8.59. The van der Waals surface area contributed by atoms with Crippen LogP contribution in [-0.2, 0) is 4.79 Å². The Kier molecular flexibility index (Phi) is 4.74. The highest BCUT2D eigenvalue weighted by Crippen LogP contribution is 2.27. The summed E-state index contributed by atoms with van der Waals surface area (Å²) in [5.41, 5.74) is 3.34. The largest absolute Gasteiger partial charge is 0.338 e. The molecule has 0 aliphatic heterocycles. The van der Waals surface area contributed by atoms with E-state index in [1.807, 2.05) is 72.8 Å². The molecule has 2 aromatic carbocycles. The summed E-state index contributed by atoms with van der Waals surface area (Å²) in [6, 6.07) is 24.7. The molecule has 1 amide bonds. The van der Waals surface area contributed by atoms with E-state index >= 15 is 0 Å². The van der Waals surface area contributed by atoms with Gasteiger partial charge < -0.3 is 4.52 Å². The van der Waals surface area contributed by atoms with Gasteiger partial charge in [-0.05, 0) is 23.3 Å². The Bertz CT molecular complexity index is 976. The Morgan fingerprint density at radius 1 is 0.852 bits per heavy atom. The normalized spacial score (nSPS) is 10.7. The van der Waals surface area contributed by atoms with Gasteiger partial charge in [-0.3, -0.25) is 15.1 Å². The van der Waals surface area contributed by atoms with Gasteiger partial charge in [0.15, 0.2) is 0 Å². The van der Waals surface area contributed by atoms with Crippen molar-refractivity contribution in [1.82, 2.24) is 10.1 Å². The fourth-order valence-corrected chi connectivity index (χ4v) is 2.97. The molecule has 0 saturated heterocycles. The molecule has 0 atom stereocenters. The van der Waals surface area contributed by atoms with Gasteiger partial charge in [0.1, 0.15) is 5.69 Å². The van der Waals surface area contributed by atoms with Crippen molar-refractivity contribution in [1.29, 1.82) is 0 Å². The Hall–Kier alpha value is -3.73. The van der Waals surface area contributed by atoms with Crippen molar-refractivity contribution in [2.45, 2.75) is 5.92 Å². The summed E-state index contributed by atoms with van der Waals surface area (Å²) in [6.07, 6.45) is 3.37. The van der Waals surface area contributed by atoms with Crippen LogP contribution in [0.25, 0.3) is 11.3 Å². The first-order chi connectivity index (χ1) is 13.3. The molecule has 132 valence electrons. The Morgan fingerprint density at radius 2 is 1.44 bits per heavy atom. The third kappa shape index (κ3) is 3.77. The van der Waals surface area contributed by atoms with E-state index < -0.39 is 5.92 Å². The Labute approximate surface area is 156 Å². The molecule has 0 saturated carbocycles. The second kappa shape index (κ2) is 7.66. The van der Waals surface area contributed by atoms with Gasteiger partial charge in [-0.25, -0.2) is 0 Å². The lowest BCUT2D eigenvalue weighted by molar-refractivity contribution is -0.116. The average molecular weight is 355 g/mol. The number of nitrogens with zero attached hydrogens (tertiary/aromatic N) is 2. The van der Waals surface area contributed by atoms with Crippen molar-refractivity contribution < 1.29 is 9.32 Å². The van der Waals surface area contributed by atoms with Gasteiger partial charge in [-0.2, -0.15) is 0 Å². The number of amides is 1. The lowest BCUT2D eigenvalue weighted by Crippen LogP contribution is -2.21. The average Bonchev–Trinajstić information content (AvgIpc) is 3.19. The Morgan fingerprint density at radius 3 is 2.04 bits per heavy atom. The van der Waals surface area contributed by atoms with Crippen LogP contribution in [-0.4, -0.2) is 16.0 Å². The van der Waals surface area contributed by atoms with Crippen molar-refractivity contribution in [2.75, 3.05) is 5.32 Å². The number of hydrogen-bond donors (Lipinski definition) is 1. The smallest absolute Gasteiger partial charge is 0.238 e. The molecule has 5 heteroatoms. The van der Waals surface area contributed by atoms with Crippen LogP contribution < -0.4 is 5.32 Å². The molecular weight excluding hydrogens is 338 g/mol. The van der Waals surface area contributed by atoms with E-state index in [-0.39, 0.29) is 5.91 Å². The number of pyridine rings is 1. The summed E-state index contributed by atoms with van der Waals surface area (Å²) in [5.74, 6) is -0.310. The van der Waals surface area contributed by atoms with Crippen molar-refractivity contribution in [3.63, 3.8) is 0 Å². The first-order valence-electron chi connectivity index (χ1n) is 8.59. The van der Waals surface area contributed by atoms with Crippen molar-refractivity contribution in [3.05, 3.63) is 102 Å². The molecule has 0 bridgehead atoms. The topological polar surface area (TPSA) is 68.0 Å². The van der Waals surface area contributed by atoms with E-state index in [0.717, 1.165) is 16.7 Å². The number of carbonyl (C=O) groups is 1. The highest BCUT2D eigenvalue weighted by atomic mass is 16.5. The zero-order valence-electron chi connectivity index (χ0n) is 14.4. The molecule has 2 heterocycles. The predicted octanol–water partition coefficient (Wildman–Crippen LogP) is 4.51. The lowest BCUT2D eigenvalue weighted by Gasteiger charge is -2.16. The van der Waals surface area contributed by atoms with Gasteiger partial charge >= 0.3 is 0 Å². The van der Waals surface area contributed by atoms with E-state index in [2.05, 4.69) is 15.5 Å². The molecule has 0 unspecified atom stereocenters. The fraction of sp³-hybridized carbons (Fsp3) is 0.0455. The molecule has 0 fully saturated rings. The zero-order valence-corrected chi connectivity index (χ0v) is 14.4. The van der Waals surface area contributed by atoms with E-state index in [4.69, 9.17) is 4.52 Å². The van der Waals surface area contributed by atoms with E-state index in [0.29, 0.717) is 11.6 Å². The van der Waals surface area contributed by atoms with Crippen LogP contribution in [0.15, 0.2) is 95.8 Å². The standard InChI is InChI=1S/C22H17N3O2/c26-22(24-20-15-19(25-27-20)16-11-13-23-14-12-16)21(17-7-3-1-4-8-17)18-9-5-2-6-10-18/h1-15,21H,(H,24,26). The number of aromatic nitrogens is 2. The molecule has 1 N–H and O–H groups in total. The van der Waals surface area contributed by atoms with E-state index in [1.54, 1.807) is 18.5 Å². The molecule has 27 heavy (non-hydrogen) atoms. The van der Waals surface area contributed by atoms with E-state index in [1.165, 1.54) is 0 Å². The lowest BCUT2D eigenvalue weighted by atomic mass is 9.90. The number of hydrogen-bond acceptors (Lipinski definition) is 4. The van der Waals surface area contributed by atoms with Crippen LogP contribution in [0, 0.1) is 0 Å². The summed E-state index contributed by atoms with van der Waals surface area (Å²) >= 11 is 0. The van der Waals surface area contributed by atoms with Gasteiger partial charge in [0.2, 0.25) is 11.8 Å². The van der Waals surface area contributed by atoms with Crippen molar-refractivity contribution in [3.8, 4) is 11.3 Å². The highest BCUT2D eigenvalue weighted by Gasteiger charge is 2.23. The maximum atomic E-state index is 13.1. The monoisotopic (exact) mass is 355 g/mol. The SMILES string of the molecule is O=C(Nc1cc(-c2ccncc2)no1)C(c1ccccc1)c1ccccc1. The molecule has 0 aliphatic rings. The summed E-state index contributed by atoms with van der Waals surface area (Å²) in [5, 5.41) is 6.87. The summed E-state index contributed by atoms with van der Waals surface area (Å²) < 4.78 is 5.31. The quantitative estimate of drug-likeness (QED) is 0.572. The number of anilines is 1. The minimum Gasteiger partial charge on any atom is -0.338 e. The summed E-state index contributed by atoms with van der Waals surface area (Å²) in [7, 11) is 0. The minimum atomic E-state index is -0.443. The third-order valence-electron chi connectivity index (χ3n) is 4.26. The van der Waals surface area contributed by atoms with Crippen molar-refractivity contribution >= 4 is 11.8 Å². The minimum absolute atomic E-state index is 0.176. The highest BCUT2D eigenvalue weighted by molar-refractivity contribution is 5.97. The number of benzene rings is 2. The summed E-state index contributed by atoms with van der Waals surface area (Å²) in [6.45, 7) is 0. The van der Waals surface area contributed by atoms with Crippen LogP contribution in [0.4, 0.5) is 5.88 Å². The number of carbonyl (C=O) groups excluding carboxylic acids is 1. The number of rotatable bonds is 5. The molecule has 0 aliphatic carbocycles. The molecule has 5 nitrogen and oxygen atoms in total. The molecular formula is C22H17N3O2. The van der Waals surface area contributed by atoms with Crippen LogP contribution in [0.2, 0.25) is 0 Å². The molecule has 4 rings (SSSR count). The second-order valence-electron chi connectivity index (χ2n) is 6.06. The molecule has 0 radical (unpaired) electrons.